The minimum atomic E-state index is -0.647. The monoisotopic (exact) mass is 392 g/mol. The van der Waals surface area contributed by atoms with E-state index in [1.807, 2.05) is 35.4 Å². The lowest BCUT2D eigenvalue weighted by Gasteiger charge is -2.22. The summed E-state index contributed by atoms with van der Waals surface area (Å²) in [5, 5.41) is 15.3. The van der Waals surface area contributed by atoms with Crippen LogP contribution < -0.4 is 5.32 Å². The molecule has 5 nitrogen and oxygen atoms in total. The van der Waals surface area contributed by atoms with E-state index in [9.17, 15) is 5.11 Å². The van der Waals surface area contributed by atoms with E-state index < -0.39 is 6.10 Å². The van der Waals surface area contributed by atoms with E-state index in [0.29, 0.717) is 18.1 Å². The molecular weight excluding hydrogens is 368 g/mol. The van der Waals surface area contributed by atoms with Crippen molar-refractivity contribution in [3.8, 4) is 0 Å². The quantitative estimate of drug-likeness (QED) is 0.604. The fourth-order valence-electron chi connectivity index (χ4n) is 3.16. The van der Waals surface area contributed by atoms with Gasteiger partial charge >= 0.3 is 0 Å². The zero-order valence-electron chi connectivity index (χ0n) is 15.2. The number of aromatic nitrogens is 1. The van der Waals surface area contributed by atoms with Gasteiger partial charge in [-0.05, 0) is 43.4 Å². The predicted molar refractivity (Wildman–Crippen MR) is 108 cm³/mol. The molecule has 1 aliphatic rings. The van der Waals surface area contributed by atoms with Crippen LogP contribution in [0.3, 0.4) is 0 Å². The summed E-state index contributed by atoms with van der Waals surface area (Å²) >= 11 is 7.81. The average molecular weight is 393 g/mol. The van der Waals surface area contributed by atoms with Gasteiger partial charge in [-0.1, -0.05) is 23.7 Å². The number of benzene rings is 1. The van der Waals surface area contributed by atoms with Crippen molar-refractivity contribution < 1.29 is 5.11 Å². The average Bonchev–Trinajstić information content (AvgIpc) is 3.04. The fraction of sp³-hybridized carbons (Fsp3) is 0.474. The first-order chi connectivity index (χ1) is 12.6. The minimum Gasteiger partial charge on any atom is -0.387 e. The summed E-state index contributed by atoms with van der Waals surface area (Å²) in [5.41, 5.74) is 2.07. The van der Waals surface area contributed by atoms with Crippen LogP contribution in [0.1, 0.15) is 40.1 Å². The molecule has 2 N–H and O–H groups in total. The van der Waals surface area contributed by atoms with Gasteiger partial charge in [0.05, 0.1) is 18.3 Å². The van der Waals surface area contributed by atoms with Crippen LogP contribution in [0.4, 0.5) is 0 Å². The van der Waals surface area contributed by atoms with Gasteiger partial charge in [-0.15, -0.1) is 11.3 Å². The molecule has 1 heterocycles. The van der Waals surface area contributed by atoms with Gasteiger partial charge in [-0.3, -0.25) is 4.99 Å². The van der Waals surface area contributed by atoms with Crippen molar-refractivity contribution in [3.63, 3.8) is 0 Å². The molecule has 1 unspecified atom stereocenters. The summed E-state index contributed by atoms with van der Waals surface area (Å²) in [6.07, 6.45) is 4.14. The first kappa shape index (κ1) is 19.1. The highest BCUT2D eigenvalue weighted by Gasteiger charge is 2.17. The molecule has 1 atom stereocenters. The Kier molecular flexibility index (Phi) is 6.51. The molecular formula is C19H25ClN4OS. The van der Waals surface area contributed by atoms with Gasteiger partial charge in [0.25, 0.3) is 0 Å². The molecule has 0 spiro atoms. The number of nitrogens with zero attached hydrogens (tertiary/aromatic N) is 3. The Hall–Kier alpha value is -1.63. The van der Waals surface area contributed by atoms with E-state index >= 15 is 0 Å². The summed E-state index contributed by atoms with van der Waals surface area (Å²) in [4.78, 5) is 12.6. The van der Waals surface area contributed by atoms with Crippen LogP contribution in [0.25, 0.3) is 0 Å². The molecule has 26 heavy (non-hydrogen) atoms. The number of rotatable bonds is 5. The number of aryl methyl sites for hydroxylation is 2. The van der Waals surface area contributed by atoms with E-state index in [2.05, 4.69) is 10.3 Å². The Labute approximate surface area is 163 Å². The number of aliphatic hydroxyl groups excluding tert-OH is 1. The van der Waals surface area contributed by atoms with E-state index in [4.69, 9.17) is 16.6 Å². The van der Waals surface area contributed by atoms with E-state index in [1.165, 1.54) is 23.4 Å². The van der Waals surface area contributed by atoms with Crippen LogP contribution >= 0.6 is 22.9 Å². The van der Waals surface area contributed by atoms with Crippen molar-refractivity contribution in [2.75, 3.05) is 20.6 Å². The van der Waals surface area contributed by atoms with Crippen molar-refractivity contribution >= 4 is 28.9 Å². The molecule has 0 fully saturated rings. The largest absolute Gasteiger partial charge is 0.387 e. The van der Waals surface area contributed by atoms with Gasteiger partial charge in [0.15, 0.2) is 5.96 Å². The number of fused-ring (bicyclic) bond motifs is 1. The van der Waals surface area contributed by atoms with Crippen molar-refractivity contribution in [1.82, 2.24) is 15.2 Å². The van der Waals surface area contributed by atoms with Crippen molar-refractivity contribution in [2.24, 2.45) is 4.99 Å². The molecule has 0 bridgehead atoms. The van der Waals surface area contributed by atoms with E-state index in [-0.39, 0.29) is 0 Å². The molecule has 2 aromatic rings. The second-order valence-electron chi connectivity index (χ2n) is 6.54. The van der Waals surface area contributed by atoms with Crippen LogP contribution in [0, 0.1) is 0 Å². The number of halogens is 1. The Morgan fingerprint density at radius 2 is 2.23 bits per heavy atom. The van der Waals surface area contributed by atoms with Crippen LogP contribution in [0.5, 0.6) is 0 Å². The second kappa shape index (κ2) is 8.84. The number of thiazole rings is 1. The number of hydrogen-bond donors (Lipinski definition) is 2. The summed E-state index contributed by atoms with van der Waals surface area (Å²) in [6, 6.07) is 7.28. The maximum Gasteiger partial charge on any atom is 0.193 e. The lowest BCUT2D eigenvalue weighted by atomic mass is 10.0. The van der Waals surface area contributed by atoms with Gasteiger partial charge in [0, 0.05) is 30.5 Å². The number of aliphatic hydroxyl groups is 1. The van der Waals surface area contributed by atoms with Gasteiger partial charge in [0.1, 0.15) is 5.01 Å². The fourth-order valence-corrected chi connectivity index (χ4v) is 4.56. The van der Waals surface area contributed by atoms with Crippen LogP contribution in [-0.2, 0) is 19.4 Å². The summed E-state index contributed by atoms with van der Waals surface area (Å²) < 4.78 is 0. The molecule has 0 aliphatic heterocycles. The summed E-state index contributed by atoms with van der Waals surface area (Å²) in [7, 11) is 3.74. The SMILES string of the molecule is CN=C(NCC(O)c1cccc(Cl)c1)N(C)Cc1nc2c(s1)CCCC2. The highest BCUT2D eigenvalue weighted by Crippen LogP contribution is 2.27. The van der Waals surface area contributed by atoms with Gasteiger partial charge in [0.2, 0.25) is 0 Å². The van der Waals surface area contributed by atoms with Gasteiger partial charge in [-0.25, -0.2) is 4.98 Å². The Morgan fingerprint density at radius 3 is 2.96 bits per heavy atom. The standard InChI is InChI=1S/C19H25ClN4OS/c1-21-19(22-11-16(25)13-6-5-7-14(20)10-13)24(2)12-18-23-15-8-3-4-9-17(15)26-18/h5-7,10,16,25H,3-4,8-9,11-12H2,1-2H3,(H,21,22). The maximum atomic E-state index is 10.4. The number of aliphatic imine (C=N–C) groups is 1. The zero-order valence-corrected chi connectivity index (χ0v) is 16.8. The second-order valence-corrected chi connectivity index (χ2v) is 8.14. The van der Waals surface area contributed by atoms with E-state index in [1.54, 1.807) is 19.2 Å². The maximum absolute atomic E-state index is 10.4. The van der Waals surface area contributed by atoms with Crippen molar-refractivity contribution in [1.29, 1.82) is 0 Å². The van der Waals surface area contributed by atoms with Gasteiger partial charge in [-0.2, -0.15) is 0 Å². The summed E-state index contributed by atoms with van der Waals surface area (Å²) in [6.45, 7) is 1.08. The number of nitrogens with one attached hydrogen (secondary N) is 1. The molecule has 0 radical (unpaired) electrons. The summed E-state index contributed by atoms with van der Waals surface area (Å²) in [5.74, 6) is 0.735. The van der Waals surface area contributed by atoms with Gasteiger partial charge < -0.3 is 15.3 Å². The first-order valence-corrected chi connectivity index (χ1v) is 10.1. The molecule has 7 heteroatoms. The Balaban J connectivity index is 1.57. The molecule has 0 saturated carbocycles. The molecule has 0 amide bonds. The predicted octanol–water partition coefficient (Wildman–Crippen LogP) is 3.42. The number of guanidine groups is 1. The third-order valence-electron chi connectivity index (χ3n) is 4.52. The highest BCUT2D eigenvalue weighted by atomic mass is 35.5. The van der Waals surface area contributed by atoms with Crippen LogP contribution in [-0.4, -0.2) is 41.6 Å². The molecule has 3 rings (SSSR count). The van der Waals surface area contributed by atoms with Crippen LogP contribution in [0.2, 0.25) is 5.02 Å². The topological polar surface area (TPSA) is 60.8 Å². The number of hydrogen-bond acceptors (Lipinski definition) is 4. The third-order valence-corrected chi connectivity index (χ3v) is 5.90. The van der Waals surface area contributed by atoms with Crippen LogP contribution in [0.15, 0.2) is 29.3 Å². The molecule has 140 valence electrons. The minimum absolute atomic E-state index is 0.367. The first-order valence-electron chi connectivity index (χ1n) is 8.89. The lowest BCUT2D eigenvalue weighted by molar-refractivity contribution is 0.179. The zero-order chi connectivity index (χ0) is 18.5. The van der Waals surface area contributed by atoms with Crippen molar-refractivity contribution in [3.05, 3.63) is 50.4 Å². The molecule has 1 aliphatic carbocycles. The molecule has 0 saturated heterocycles. The Morgan fingerprint density at radius 1 is 1.42 bits per heavy atom. The molecule has 1 aromatic heterocycles. The van der Waals surface area contributed by atoms with Crippen molar-refractivity contribution in [2.45, 2.75) is 38.3 Å². The van der Waals surface area contributed by atoms with E-state index in [0.717, 1.165) is 29.4 Å². The Bertz CT molecular complexity index is 753. The molecule has 1 aromatic carbocycles. The third kappa shape index (κ3) is 4.75. The highest BCUT2D eigenvalue weighted by molar-refractivity contribution is 7.11. The smallest absolute Gasteiger partial charge is 0.193 e. The lowest BCUT2D eigenvalue weighted by Crippen LogP contribution is -2.40. The normalized spacial score (nSPS) is 15.5.